The highest BCUT2D eigenvalue weighted by Crippen LogP contribution is 2.23. The molecular formula is C11H15NO4. The first-order valence-corrected chi connectivity index (χ1v) is 4.92. The summed E-state index contributed by atoms with van der Waals surface area (Å²) >= 11 is 0. The molecule has 0 aliphatic carbocycles. The van der Waals surface area contributed by atoms with Crippen molar-refractivity contribution in [2.45, 2.75) is 13.0 Å². The van der Waals surface area contributed by atoms with E-state index in [0.717, 1.165) is 0 Å². The summed E-state index contributed by atoms with van der Waals surface area (Å²) in [6.45, 7) is 1.02. The van der Waals surface area contributed by atoms with Gasteiger partial charge in [0.05, 0.1) is 12.3 Å². The second kappa shape index (κ2) is 6.09. The van der Waals surface area contributed by atoms with Crippen molar-refractivity contribution in [2.75, 3.05) is 18.5 Å². The lowest BCUT2D eigenvalue weighted by Crippen LogP contribution is -2.21. The molecule has 1 rings (SSSR count). The van der Waals surface area contributed by atoms with Gasteiger partial charge in [0.1, 0.15) is 18.5 Å². The highest BCUT2D eigenvalue weighted by molar-refractivity contribution is 5.90. The van der Waals surface area contributed by atoms with Crippen molar-refractivity contribution in [2.24, 2.45) is 0 Å². The minimum atomic E-state index is -0.926. The average Bonchev–Trinajstić information content (AvgIpc) is 2.26. The third kappa shape index (κ3) is 3.88. The van der Waals surface area contributed by atoms with Crippen LogP contribution in [0.5, 0.6) is 5.75 Å². The molecular weight excluding hydrogens is 210 g/mol. The summed E-state index contributed by atoms with van der Waals surface area (Å²) in [6.07, 6.45) is -0.926. The fourth-order valence-corrected chi connectivity index (χ4v) is 1.12. The molecule has 1 amide bonds. The first-order chi connectivity index (χ1) is 7.63. The lowest BCUT2D eigenvalue weighted by Gasteiger charge is -2.13. The Kier molecular flexibility index (Phi) is 4.75. The van der Waals surface area contributed by atoms with Crippen LogP contribution >= 0.6 is 0 Å². The van der Waals surface area contributed by atoms with E-state index in [0.29, 0.717) is 11.4 Å². The number of benzene rings is 1. The Balaban J connectivity index is 2.67. The maximum absolute atomic E-state index is 10.9. The molecule has 0 spiro atoms. The SMILES string of the molecule is CC(=O)Nc1ccccc1OC[C@H](O)CO. The summed E-state index contributed by atoms with van der Waals surface area (Å²) < 4.78 is 5.27. The smallest absolute Gasteiger partial charge is 0.221 e. The zero-order chi connectivity index (χ0) is 12.0. The third-order valence-electron chi connectivity index (χ3n) is 1.84. The fourth-order valence-electron chi connectivity index (χ4n) is 1.12. The van der Waals surface area contributed by atoms with E-state index in [2.05, 4.69) is 5.32 Å². The molecule has 0 aliphatic heterocycles. The summed E-state index contributed by atoms with van der Waals surface area (Å²) in [5.41, 5.74) is 0.542. The number of hydrogen-bond donors (Lipinski definition) is 3. The first-order valence-electron chi connectivity index (χ1n) is 4.92. The van der Waals surface area contributed by atoms with Gasteiger partial charge in [0, 0.05) is 6.92 Å². The number of rotatable bonds is 5. The molecule has 0 bridgehead atoms. The standard InChI is InChI=1S/C11H15NO4/c1-8(14)12-10-4-2-3-5-11(10)16-7-9(15)6-13/h2-5,9,13,15H,6-7H2,1H3,(H,12,14)/t9-/m1/s1. The Morgan fingerprint density at radius 2 is 2.19 bits per heavy atom. The number of aliphatic hydroxyl groups is 2. The summed E-state index contributed by atoms with van der Waals surface area (Å²) in [5.74, 6) is 0.268. The number of amides is 1. The quantitative estimate of drug-likeness (QED) is 0.676. The molecule has 16 heavy (non-hydrogen) atoms. The third-order valence-corrected chi connectivity index (χ3v) is 1.84. The average molecular weight is 225 g/mol. The van der Waals surface area contributed by atoms with Gasteiger partial charge in [-0.25, -0.2) is 0 Å². The van der Waals surface area contributed by atoms with Gasteiger partial charge in [-0.2, -0.15) is 0 Å². The van der Waals surface area contributed by atoms with Gasteiger partial charge in [-0.3, -0.25) is 4.79 Å². The van der Waals surface area contributed by atoms with Gasteiger partial charge in [0.15, 0.2) is 0 Å². The fraction of sp³-hybridized carbons (Fsp3) is 0.364. The van der Waals surface area contributed by atoms with Crippen LogP contribution in [0, 0.1) is 0 Å². The normalized spacial score (nSPS) is 11.9. The number of para-hydroxylation sites is 2. The molecule has 0 heterocycles. The maximum atomic E-state index is 10.9. The molecule has 0 unspecified atom stereocenters. The van der Waals surface area contributed by atoms with Crippen LogP contribution in [0.3, 0.4) is 0 Å². The summed E-state index contributed by atoms with van der Waals surface area (Å²) in [6, 6.07) is 6.89. The van der Waals surface area contributed by atoms with Crippen molar-refractivity contribution in [3.05, 3.63) is 24.3 Å². The van der Waals surface area contributed by atoms with Crippen molar-refractivity contribution in [1.82, 2.24) is 0 Å². The van der Waals surface area contributed by atoms with E-state index in [-0.39, 0.29) is 19.1 Å². The minimum absolute atomic E-state index is 0.0207. The van der Waals surface area contributed by atoms with E-state index >= 15 is 0 Å². The van der Waals surface area contributed by atoms with Crippen LogP contribution < -0.4 is 10.1 Å². The zero-order valence-corrected chi connectivity index (χ0v) is 9.01. The molecule has 1 aromatic carbocycles. The molecule has 0 saturated heterocycles. The van der Waals surface area contributed by atoms with Crippen LogP contribution in [0.15, 0.2) is 24.3 Å². The number of hydrogen-bond acceptors (Lipinski definition) is 4. The van der Waals surface area contributed by atoms with E-state index < -0.39 is 6.10 Å². The Hall–Kier alpha value is -1.59. The van der Waals surface area contributed by atoms with Crippen LogP contribution in [-0.2, 0) is 4.79 Å². The molecule has 88 valence electrons. The number of ether oxygens (including phenoxy) is 1. The van der Waals surface area contributed by atoms with E-state index in [1.165, 1.54) is 6.92 Å². The van der Waals surface area contributed by atoms with Gasteiger partial charge in [0.2, 0.25) is 5.91 Å². The number of anilines is 1. The van der Waals surface area contributed by atoms with Gasteiger partial charge in [0.25, 0.3) is 0 Å². The van der Waals surface area contributed by atoms with Crippen molar-refractivity contribution in [3.63, 3.8) is 0 Å². The highest BCUT2D eigenvalue weighted by Gasteiger charge is 2.07. The highest BCUT2D eigenvalue weighted by atomic mass is 16.5. The lowest BCUT2D eigenvalue weighted by atomic mass is 10.3. The Morgan fingerprint density at radius 1 is 1.50 bits per heavy atom. The van der Waals surface area contributed by atoms with Gasteiger partial charge < -0.3 is 20.3 Å². The zero-order valence-electron chi connectivity index (χ0n) is 9.01. The Labute approximate surface area is 93.7 Å². The Morgan fingerprint density at radius 3 is 2.81 bits per heavy atom. The predicted molar refractivity (Wildman–Crippen MR) is 59.3 cm³/mol. The summed E-state index contributed by atoms with van der Waals surface area (Å²) in [5, 5.41) is 20.4. The summed E-state index contributed by atoms with van der Waals surface area (Å²) in [7, 11) is 0. The van der Waals surface area contributed by atoms with Gasteiger partial charge in [-0.05, 0) is 12.1 Å². The largest absolute Gasteiger partial charge is 0.489 e. The molecule has 1 aromatic rings. The lowest BCUT2D eigenvalue weighted by molar-refractivity contribution is -0.114. The summed E-state index contributed by atoms with van der Waals surface area (Å²) in [4.78, 5) is 10.9. The topological polar surface area (TPSA) is 78.8 Å². The molecule has 3 N–H and O–H groups in total. The molecule has 5 nitrogen and oxygen atoms in total. The molecule has 0 fully saturated rings. The van der Waals surface area contributed by atoms with E-state index in [1.807, 2.05) is 0 Å². The van der Waals surface area contributed by atoms with Crippen LogP contribution in [0.2, 0.25) is 0 Å². The molecule has 0 saturated carbocycles. The number of nitrogens with one attached hydrogen (secondary N) is 1. The van der Waals surface area contributed by atoms with Crippen LogP contribution in [-0.4, -0.2) is 35.4 Å². The van der Waals surface area contributed by atoms with Gasteiger partial charge >= 0.3 is 0 Å². The number of carbonyl (C=O) groups excluding carboxylic acids is 1. The van der Waals surface area contributed by atoms with Crippen LogP contribution in [0.4, 0.5) is 5.69 Å². The molecule has 1 atom stereocenters. The van der Waals surface area contributed by atoms with E-state index in [1.54, 1.807) is 24.3 Å². The van der Waals surface area contributed by atoms with Gasteiger partial charge in [-0.15, -0.1) is 0 Å². The predicted octanol–water partition coefficient (Wildman–Crippen LogP) is 0.377. The minimum Gasteiger partial charge on any atom is -0.489 e. The first kappa shape index (κ1) is 12.5. The number of aliphatic hydroxyl groups excluding tert-OH is 2. The van der Waals surface area contributed by atoms with E-state index in [4.69, 9.17) is 14.9 Å². The van der Waals surface area contributed by atoms with E-state index in [9.17, 15) is 4.79 Å². The molecule has 0 aliphatic rings. The maximum Gasteiger partial charge on any atom is 0.221 e. The molecule has 5 heteroatoms. The second-order valence-electron chi connectivity index (χ2n) is 3.32. The second-order valence-corrected chi connectivity index (χ2v) is 3.32. The Bertz CT molecular complexity index is 354. The van der Waals surface area contributed by atoms with Crippen molar-refractivity contribution < 1.29 is 19.7 Å². The molecule has 0 radical (unpaired) electrons. The van der Waals surface area contributed by atoms with Gasteiger partial charge in [-0.1, -0.05) is 12.1 Å². The monoisotopic (exact) mass is 225 g/mol. The van der Waals surface area contributed by atoms with Crippen LogP contribution in [0.25, 0.3) is 0 Å². The van der Waals surface area contributed by atoms with Crippen molar-refractivity contribution in [3.8, 4) is 5.75 Å². The van der Waals surface area contributed by atoms with Crippen molar-refractivity contribution >= 4 is 11.6 Å². The van der Waals surface area contributed by atoms with Crippen molar-refractivity contribution in [1.29, 1.82) is 0 Å². The van der Waals surface area contributed by atoms with Crippen LogP contribution in [0.1, 0.15) is 6.92 Å². The number of carbonyl (C=O) groups is 1. The molecule has 0 aromatic heterocycles.